The molecule has 0 radical (unpaired) electrons. The summed E-state index contributed by atoms with van der Waals surface area (Å²) in [7, 11) is -3.41. The van der Waals surface area contributed by atoms with Gasteiger partial charge in [0.25, 0.3) is 10.0 Å². The van der Waals surface area contributed by atoms with Gasteiger partial charge in [-0.25, -0.2) is 8.42 Å². The highest BCUT2D eigenvalue weighted by Gasteiger charge is 2.24. The fraction of sp³-hybridized carbons (Fsp3) is 0.545. The van der Waals surface area contributed by atoms with Crippen LogP contribution < -0.4 is 0 Å². The van der Waals surface area contributed by atoms with E-state index in [-0.39, 0.29) is 4.21 Å². The molecule has 1 heterocycles. The molecule has 1 rings (SSSR count). The zero-order valence-corrected chi connectivity index (χ0v) is 11.6. The standard InChI is InChI=1S/C11H16N2O2S2/c1-3-5-8-13(4-2)17(14,15)11-7-6-10(9-12)16-11/h6-7H,3-5,8H2,1-2H3. The first-order valence-electron chi connectivity index (χ1n) is 5.56. The minimum Gasteiger partial charge on any atom is -0.206 e. The summed E-state index contributed by atoms with van der Waals surface area (Å²) in [4.78, 5) is 0.426. The third-order valence-electron chi connectivity index (χ3n) is 2.40. The van der Waals surface area contributed by atoms with Crippen LogP contribution in [-0.4, -0.2) is 25.8 Å². The molecular weight excluding hydrogens is 256 g/mol. The van der Waals surface area contributed by atoms with E-state index < -0.39 is 10.0 Å². The Morgan fingerprint density at radius 3 is 2.59 bits per heavy atom. The molecule has 1 aromatic heterocycles. The van der Waals surface area contributed by atoms with Gasteiger partial charge in [-0.1, -0.05) is 20.3 Å². The van der Waals surface area contributed by atoms with E-state index in [0.29, 0.717) is 18.0 Å². The SMILES string of the molecule is CCCCN(CC)S(=O)(=O)c1ccc(C#N)s1. The van der Waals surface area contributed by atoms with Crippen LogP contribution in [-0.2, 0) is 10.0 Å². The number of thiophene rings is 1. The van der Waals surface area contributed by atoms with Gasteiger partial charge in [0.15, 0.2) is 0 Å². The van der Waals surface area contributed by atoms with Crippen LogP contribution in [0.4, 0.5) is 0 Å². The maximum absolute atomic E-state index is 12.2. The number of rotatable bonds is 6. The minimum atomic E-state index is -3.41. The first-order valence-corrected chi connectivity index (χ1v) is 7.82. The lowest BCUT2D eigenvalue weighted by Gasteiger charge is -2.18. The fourth-order valence-electron chi connectivity index (χ4n) is 1.43. The highest BCUT2D eigenvalue weighted by atomic mass is 32.2. The molecule has 0 aliphatic heterocycles. The van der Waals surface area contributed by atoms with E-state index in [1.54, 1.807) is 6.07 Å². The molecular formula is C11H16N2O2S2. The Labute approximate surface area is 107 Å². The molecule has 0 atom stereocenters. The van der Waals surface area contributed by atoms with Crippen LogP contribution in [0.2, 0.25) is 0 Å². The van der Waals surface area contributed by atoms with E-state index in [2.05, 4.69) is 0 Å². The molecule has 0 saturated heterocycles. The second kappa shape index (κ2) is 6.15. The van der Waals surface area contributed by atoms with Crippen LogP contribution in [0.15, 0.2) is 16.3 Å². The Hall–Kier alpha value is -0.900. The second-order valence-corrected chi connectivity index (χ2v) is 6.83. The summed E-state index contributed by atoms with van der Waals surface area (Å²) in [5.41, 5.74) is 0. The number of sulfonamides is 1. The molecule has 0 fully saturated rings. The molecule has 6 heteroatoms. The summed E-state index contributed by atoms with van der Waals surface area (Å²) in [6, 6.07) is 5.01. The van der Waals surface area contributed by atoms with Crippen molar-refractivity contribution in [3.05, 3.63) is 17.0 Å². The molecule has 0 unspecified atom stereocenters. The van der Waals surface area contributed by atoms with Crippen molar-refractivity contribution in [2.45, 2.75) is 30.9 Å². The molecule has 0 bridgehead atoms. The van der Waals surface area contributed by atoms with E-state index in [9.17, 15) is 8.42 Å². The monoisotopic (exact) mass is 272 g/mol. The predicted molar refractivity (Wildman–Crippen MR) is 68.4 cm³/mol. The van der Waals surface area contributed by atoms with Crippen molar-refractivity contribution in [3.8, 4) is 6.07 Å². The Morgan fingerprint density at radius 1 is 1.41 bits per heavy atom. The van der Waals surface area contributed by atoms with Gasteiger partial charge in [0.05, 0.1) is 0 Å². The first-order chi connectivity index (χ1) is 8.06. The summed E-state index contributed by atoms with van der Waals surface area (Å²) < 4.78 is 26.2. The molecule has 0 aliphatic carbocycles. The second-order valence-electron chi connectivity index (χ2n) is 3.58. The summed E-state index contributed by atoms with van der Waals surface area (Å²) in [6.45, 7) is 4.85. The van der Waals surface area contributed by atoms with Crippen LogP contribution in [0.25, 0.3) is 0 Å². The van der Waals surface area contributed by atoms with Crippen LogP contribution >= 0.6 is 11.3 Å². The lowest BCUT2D eigenvalue weighted by molar-refractivity contribution is 0.420. The molecule has 17 heavy (non-hydrogen) atoms. The molecule has 0 aromatic carbocycles. The Bertz CT molecular complexity index is 500. The highest BCUT2D eigenvalue weighted by Crippen LogP contribution is 2.24. The van der Waals surface area contributed by atoms with Gasteiger partial charge in [-0.3, -0.25) is 0 Å². The van der Waals surface area contributed by atoms with Gasteiger partial charge < -0.3 is 0 Å². The van der Waals surface area contributed by atoms with Crippen LogP contribution in [0.3, 0.4) is 0 Å². The van der Waals surface area contributed by atoms with Crippen molar-refractivity contribution >= 4 is 21.4 Å². The smallest absolute Gasteiger partial charge is 0.206 e. The Balaban J connectivity index is 2.96. The molecule has 1 aromatic rings. The maximum Gasteiger partial charge on any atom is 0.252 e. The average Bonchev–Trinajstić information content (AvgIpc) is 2.79. The van der Waals surface area contributed by atoms with Gasteiger partial charge >= 0.3 is 0 Å². The number of unbranched alkanes of at least 4 members (excludes halogenated alkanes) is 1. The molecule has 0 amide bonds. The minimum absolute atomic E-state index is 0.256. The lowest BCUT2D eigenvalue weighted by atomic mass is 10.3. The van der Waals surface area contributed by atoms with E-state index in [4.69, 9.17) is 5.26 Å². The maximum atomic E-state index is 12.2. The molecule has 0 N–H and O–H groups in total. The zero-order chi connectivity index (χ0) is 12.9. The third-order valence-corrected chi connectivity index (χ3v) is 5.83. The molecule has 0 spiro atoms. The molecule has 0 aliphatic rings. The fourth-order valence-corrected chi connectivity index (χ4v) is 4.17. The highest BCUT2D eigenvalue weighted by molar-refractivity contribution is 7.91. The van der Waals surface area contributed by atoms with Crippen LogP contribution in [0.5, 0.6) is 0 Å². The summed E-state index contributed by atoms with van der Waals surface area (Å²) >= 11 is 1.03. The predicted octanol–water partition coefficient (Wildman–Crippen LogP) is 2.43. The number of hydrogen-bond donors (Lipinski definition) is 0. The van der Waals surface area contributed by atoms with Gasteiger partial charge in [0.1, 0.15) is 15.2 Å². The van der Waals surface area contributed by atoms with E-state index in [1.165, 1.54) is 10.4 Å². The number of nitriles is 1. The average molecular weight is 272 g/mol. The largest absolute Gasteiger partial charge is 0.252 e. The van der Waals surface area contributed by atoms with E-state index in [1.807, 2.05) is 19.9 Å². The van der Waals surface area contributed by atoms with Crippen molar-refractivity contribution in [2.75, 3.05) is 13.1 Å². The summed E-state index contributed by atoms with van der Waals surface area (Å²) in [6.07, 6.45) is 1.81. The molecule has 4 nitrogen and oxygen atoms in total. The number of nitrogens with zero attached hydrogens (tertiary/aromatic N) is 2. The molecule has 0 saturated carbocycles. The van der Waals surface area contributed by atoms with Crippen molar-refractivity contribution in [1.29, 1.82) is 5.26 Å². The van der Waals surface area contributed by atoms with Crippen molar-refractivity contribution in [2.24, 2.45) is 0 Å². The third kappa shape index (κ3) is 3.28. The van der Waals surface area contributed by atoms with Gasteiger partial charge in [-0.2, -0.15) is 9.57 Å². The Morgan fingerprint density at radius 2 is 2.12 bits per heavy atom. The zero-order valence-electron chi connectivity index (χ0n) is 10.0. The normalized spacial score (nSPS) is 11.6. The van der Waals surface area contributed by atoms with Gasteiger partial charge in [-0.05, 0) is 18.6 Å². The van der Waals surface area contributed by atoms with Crippen molar-refractivity contribution < 1.29 is 8.42 Å². The summed E-state index contributed by atoms with van der Waals surface area (Å²) in [5, 5.41) is 8.71. The van der Waals surface area contributed by atoms with Crippen molar-refractivity contribution in [1.82, 2.24) is 4.31 Å². The van der Waals surface area contributed by atoms with Gasteiger partial charge in [0.2, 0.25) is 0 Å². The molecule has 94 valence electrons. The summed E-state index contributed by atoms with van der Waals surface area (Å²) in [5.74, 6) is 0. The van der Waals surface area contributed by atoms with Gasteiger partial charge in [0, 0.05) is 13.1 Å². The Kier molecular flexibility index (Phi) is 5.12. The first kappa shape index (κ1) is 14.2. The lowest BCUT2D eigenvalue weighted by Crippen LogP contribution is -2.31. The van der Waals surface area contributed by atoms with Gasteiger partial charge in [-0.15, -0.1) is 11.3 Å². The van der Waals surface area contributed by atoms with E-state index >= 15 is 0 Å². The van der Waals surface area contributed by atoms with Crippen LogP contribution in [0, 0.1) is 11.3 Å². The number of hydrogen-bond acceptors (Lipinski definition) is 4. The van der Waals surface area contributed by atoms with Crippen molar-refractivity contribution in [3.63, 3.8) is 0 Å². The quantitative estimate of drug-likeness (QED) is 0.799. The topological polar surface area (TPSA) is 61.2 Å². The van der Waals surface area contributed by atoms with Crippen LogP contribution in [0.1, 0.15) is 31.6 Å². The van der Waals surface area contributed by atoms with E-state index in [0.717, 1.165) is 24.2 Å².